The molecule has 0 aliphatic carbocycles. The fraction of sp³-hybridized carbons (Fsp3) is 0.0667. The fourth-order valence-corrected chi connectivity index (χ4v) is 2.09. The number of benzene rings is 1. The van der Waals surface area contributed by atoms with E-state index in [0.29, 0.717) is 11.3 Å². The normalized spacial score (nSPS) is 10.7. The van der Waals surface area contributed by atoms with Crippen LogP contribution in [-0.2, 0) is 4.74 Å². The van der Waals surface area contributed by atoms with E-state index in [4.69, 9.17) is 10.5 Å². The number of methoxy groups -OCH3 is 1. The minimum absolute atomic E-state index is 0.371. The number of fused-ring (bicyclic) bond motifs is 1. The highest BCUT2D eigenvalue weighted by Crippen LogP contribution is 2.22. The van der Waals surface area contributed by atoms with Gasteiger partial charge in [0.1, 0.15) is 5.65 Å². The van der Waals surface area contributed by atoms with Crippen molar-refractivity contribution < 1.29 is 9.53 Å². The quantitative estimate of drug-likeness (QED) is 0.571. The molecule has 0 aliphatic rings. The molecule has 3 rings (SSSR count). The molecule has 2 N–H and O–H groups in total. The second-order valence-electron chi connectivity index (χ2n) is 4.40. The standard InChI is InChI=1S/C15H13N3O2/c1-20-15(19)11-4-7-14-17-8-13(18(14)9-11)10-2-5-12(16)6-3-10/h2-9H,16H2,1H3. The van der Waals surface area contributed by atoms with Crippen LogP contribution < -0.4 is 5.73 Å². The van der Waals surface area contributed by atoms with Gasteiger partial charge in [0.15, 0.2) is 0 Å². The first kappa shape index (κ1) is 12.2. The predicted molar refractivity (Wildman–Crippen MR) is 76.4 cm³/mol. The van der Waals surface area contributed by atoms with Gasteiger partial charge in [-0.15, -0.1) is 0 Å². The maximum atomic E-state index is 11.6. The molecule has 0 saturated carbocycles. The number of ether oxygens (including phenoxy) is 1. The summed E-state index contributed by atoms with van der Waals surface area (Å²) in [5.41, 5.74) is 9.52. The molecule has 1 aromatic carbocycles. The summed E-state index contributed by atoms with van der Waals surface area (Å²) in [5, 5.41) is 0. The van der Waals surface area contributed by atoms with Gasteiger partial charge >= 0.3 is 5.97 Å². The number of anilines is 1. The van der Waals surface area contributed by atoms with Crippen LogP contribution >= 0.6 is 0 Å². The summed E-state index contributed by atoms with van der Waals surface area (Å²) in [7, 11) is 1.36. The van der Waals surface area contributed by atoms with E-state index >= 15 is 0 Å². The largest absolute Gasteiger partial charge is 0.465 e. The molecule has 5 heteroatoms. The van der Waals surface area contributed by atoms with Gasteiger partial charge in [-0.3, -0.25) is 4.40 Å². The monoisotopic (exact) mass is 267 g/mol. The van der Waals surface area contributed by atoms with Gasteiger partial charge in [0.2, 0.25) is 0 Å². The lowest BCUT2D eigenvalue weighted by Crippen LogP contribution is -2.03. The first-order valence-electron chi connectivity index (χ1n) is 6.10. The molecule has 2 aromatic heterocycles. The number of rotatable bonds is 2. The smallest absolute Gasteiger partial charge is 0.339 e. The molecule has 0 unspecified atom stereocenters. The average molecular weight is 267 g/mol. The van der Waals surface area contributed by atoms with Gasteiger partial charge in [-0.05, 0) is 24.3 Å². The lowest BCUT2D eigenvalue weighted by atomic mass is 10.1. The molecule has 0 radical (unpaired) electrons. The van der Waals surface area contributed by atoms with Crippen molar-refractivity contribution >= 4 is 17.3 Å². The van der Waals surface area contributed by atoms with E-state index in [-0.39, 0.29) is 5.97 Å². The number of nitrogens with zero attached hydrogens (tertiary/aromatic N) is 2. The molecule has 3 aromatic rings. The molecule has 0 saturated heterocycles. The van der Waals surface area contributed by atoms with Crippen LogP contribution in [0, 0.1) is 0 Å². The molecule has 100 valence electrons. The number of carbonyl (C=O) groups excluding carboxylic acids is 1. The molecule has 0 atom stereocenters. The highest BCUT2D eigenvalue weighted by molar-refractivity contribution is 5.89. The van der Waals surface area contributed by atoms with Crippen molar-refractivity contribution in [1.82, 2.24) is 9.38 Å². The van der Waals surface area contributed by atoms with Gasteiger partial charge in [-0.2, -0.15) is 0 Å². The highest BCUT2D eigenvalue weighted by Gasteiger charge is 2.10. The molecular weight excluding hydrogens is 254 g/mol. The Morgan fingerprint density at radius 2 is 1.95 bits per heavy atom. The maximum absolute atomic E-state index is 11.6. The number of hydrogen-bond donors (Lipinski definition) is 1. The number of aromatic nitrogens is 2. The zero-order valence-corrected chi connectivity index (χ0v) is 10.9. The third kappa shape index (κ3) is 1.99. The number of hydrogen-bond acceptors (Lipinski definition) is 4. The van der Waals surface area contributed by atoms with Crippen molar-refractivity contribution in [3.63, 3.8) is 0 Å². The van der Waals surface area contributed by atoms with Gasteiger partial charge < -0.3 is 10.5 Å². The Bertz CT molecular complexity index is 775. The molecule has 0 amide bonds. The number of carbonyl (C=O) groups is 1. The Labute approximate surface area is 115 Å². The van der Waals surface area contributed by atoms with Gasteiger partial charge in [-0.25, -0.2) is 9.78 Å². The number of pyridine rings is 1. The number of imidazole rings is 1. The minimum Gasteiger partial charge on any atom is -0.465 e. The Hall–Kier alpha value is -2.82. The maximum Gasteiger partial charge on any atom is 0.339 e. The SMILES string of the molecule is COC(=O)c1ccc2ncc(-c3ccc(N)cc3)n2c1. The van der Waals surface area contributed by atoms with E-state index in [2.05, 4.69) is 4.98 Å². The molecule has 0 spiro atoms. The average Bonchev–Trinajstić information content (AvgIpc) is 2.90. The zero-order chi connectivity index (χ0) is 14.1. The summed E-state index contributed by atoms with van der Waals surface area (Å²) in [6.45, 7) is 0. The Morgan fingerprint density at radius 3 is 2.65 bits per heavy atom. The third-order valence-corrected chi connectivity index (χ3v) is 3.13. The van der Waals surface area contributed by atoms with E-state index < -0.39 is 0 Å². The van der Waals surface area contributed by atoms with E-state index in [1.54, 1.807) is 24.5 Å². The number of esters is 1. The molecular formula is C15H13N3O2. The third-order valence-electron chi connectivity index (χ3n) is 3.13. The lowest BCUT2D eigenvalue weighted by molar-refractivity contribution is 0.0600. The van der Waals surface area contributed by atoms with Crippen LogP contribution in [0.5, 0.6) is 0 Å². The zero-order valence-electron chi connectivity index (χ0n) is 10.9. The van der Waals surface area contributed by atoms with Crippen LogP contribution in [0.15, 0.2) is 48.8 Å². The molecule has 0 aliphatic heterocycles. The van der Waals surface area contributed by atoms with E-state index in [9.17, 15) is 4.79 Å². The molecule has 20 heavy (non-hydrogen) atoms. The van der Waals surface area contributed by atoms with Gasteiger partial charge in [-0.1, -0.05) is 12.1 Å². The van der Waals surface area contributed by atoms with Crippen molar-refractivity contribution in [3.05, 3.63) is 54.4 Å². The van der Waals surface area contributed by atoms with Crippen LogP contribution in [0.2, 0.25) is 0 Å². The summed E-state index contributed by atoms with van der Waals surface area (Å²) in [6, 6.07) is 11.0. The van der Waals surface area contributed by atoms with Crippen LogP contribution in [0.3, 0.4) is 0 Å². The van der Waals surface area contributed by atoms with Crippen LogP contribution in [0.4, 0.5) is 5.69 Å². The highest BCUT2D eigenvalue weighted by atomic mass is 16.5. The molecule has 0 fully saturated rings. The fourth-order valence-electron chi connectivity index (χ4n) is 2.09. The number of nitrogen functional groups attached to an aromatic ring is 1. The minimum atomic E-state index is -0.371. The first-order chi connectivity index (χ1) is 9.69. The second-order valence-corrected chi connectivity index (χ2v) is 4.40. The summed E-state index contributed by atoms with van der Waals surface area (Å²) >= 11 is 0. The second kappa shape index (κ2) is 4.70. The summed E-state index contributed by atoms with van der Waals surface area (Å²) < 4.78 is 6.59. The topological polar surface area (TPSA) is 69.6 Å². The van der Waals surface area contributed by atoms with Crippen molar-refractivity contribution in [3.8, 4) is 11.3 Å². The Balaban J connectivity index is 2.16. The molecule has 5 nitrogen and oxygen atoms in total. The summed E-state index contributed by atoms with van der Waals surface area (Å²) in [4.78, 5) is 15.9. The molecule has 2 heterocycles. The lowest BCUT2D eigenvalue weighted by Gasteiger charge is -2.04. The summed E-state index contributed by atoms with van der Waals surface area (Å²) in [6.07, 6.45) is 3.49. The van der Waals surface area contributed by atoms with Gasteiger partial charge in [0, 0.05) is 17.4 Å². The van der Waals surface area contributed by atoms with Crippen molar-refractivity contribution in [2.45, 2.75) is 0 Å². The van der Waals surface area contributed by atoms with Gasteiger partial charge in [0.05, 0.1) is 24.6 Å². The van der Waals surface area contributed by atoms with E-state index in [1.807, 2.05) is 28.7 Å². The molecule has 0 bridgehead atoms. The Morgan fingerprint density at radius 1 is 1.20 bits per heavy atom. The number of nitrogens with two attached hydrogens (primary N) is 1. The van der Waals surface area contributed by atoms with E-state index in [1.165, 1.54) is 7.11 Å². The Kier molecular flexibility index (Phi) is 2.87. The first-order valence-corrected chi connectivity index (χ1v) is 6.10. The summed E-state index contributed by atoms with van der Waals surface area (Å²) in [5.74, 6) is -0.371. The van der Waals surface area contributed by atoms with Crippen LogP contribution in [-0.4, -0.2) is 22.5 Å². The van der Waals surface area contributed by atoms with E-state index in [0.717, 1.165) is 16.9 Å². The van der Waals surface area contributed by atoms with Crippen molar-refractivity contribution in [2.75, 3.05) is 12.8 Å². The van der Waals surface area contributed by atoms with Crippen molar-refractivity contribution in [1.29, 1.82) is 0 Å². The van der Waals surface area contributed by atoms with Crippen LogP contribution in [0.25, 0.3) is 16.9 Å². The predicted octanol–water partition coefficient (Wildman–Crippen LogP) is 2.37. The van der Waals surface area contributed by atoms with Crippen molar-refractivity contribution in [2.24, 2.45) is 0 Å². The van der Waals surface area contributed by atoms with Gasteiger partial charge in [0.25, 0.3) is 0 Å². The van der Waals surface area contributed by atoms with Crippen LogP contribution in [0.1, 0.15) is 10.4 Å².